The highest BCUT2D eigenvalue weighted by Crippen LogP contribution is 2.02. The standard InChI is InChI=1S/C8H8N2O2/c1-2-12-8(11)6-3-4-7(9)10-5-6/h2-5H,1H2,(H2,9,10). The van der Waals surface area contributed by atoms with Crippen molar-refractivity contribution in [2.75, 3.05) is 5.73 Å². The lowest BCUT2D eigenvalue weighted by atomic mass is 10.3. The van der Waals surface area contributed by atoms with Gasteiger partial charge < -0.3 is 10.5 Å². The fraction of sp³-hybridized carbons (Fsp3) is 0. The topological polar surface area (TPSA) is 65.2 Å². The van der Waals surface area contributed by atoms with Crippen molar-refractivity contribution in [3.05, 3.63) is 36.7 Å². The molecule has 4 nitrogen and oxygen atoms in total. The summed E-state index contributed by atoms with van der Waals surface area (Å²) in [4.78, 5) is 14.7. The number of nitrogen functional groups attached to an aromatic ring is 1. The highest BCUT2D eigenvalue weighted by atomic mass is 16.5. The van der Waals surface area contributed by atoms with E-state index in [0.29, 0.717) is 11.4 Å². The van der Waals surface area contributed by atoms with Gasteiger partial charge in [-0.15, -0.1) is 0 Å². The van der Waals surface area contributed by atoms with E-state index < -0.39 is 5.97 Å². The summed E-state index contributed by atoms with van der Waals surface area (Å²) in [6.45, 7) is 3.26. The van der Waals surface area contributed by atoms with Crippen LogP contribution in [0.2, 0.25) is 0 Å². The van der Waals surface area contributed by atoms with Gasteiger partial charge in [0.15, 0.2) is 0 Å². The maximum Gasteiger partial charge on any atom is 0.344 e. The van der Waals surface area contributed by atoms with Crippen LogP contribution in [0.25, 0.3) is 0 Å². The summed E-state index contributed by atoms with van der Waals surface area (Å²) < 4.78 is 4.51. The zero-order valence-corrected chi connectivity index (χ0v) is 6.36. The molecule has 12 heavy (non-hydrogen) atoms. The molecule has 4 heteroatoms. The second-order valence-electron chi connectivity index (χ2n) is 2.04. The number of nitrogens with two attached hydrogens (primary N) is 1. The van der Waals surface area contributed by atoms with Gasteiger partial charge in [-0.1, -0.05) is 6.58 Å². The van der Waals surface area contributed by atoms with Gasteiger partial charge in [0.25, 0.3) is 0 Å². The normalized spacial score (nSPS) is 9.00. The summed E-state index contributed by atoms with van der Waals surface area (Å²) >= 11 is 0. The molecule has 0 radical (unpaired) electrons. The van der Waals surface area contributed by atoms with Crippen molar-refractivity contribution >= 4 is 11.8 Å². The van der Waals surface area contributed by atoms with Gasteiger partial charge in [0, 0.05) is 6.20 Å². The number of hydrogen-bond acceptors (Lipinski definition) is 4. The van der Waals surface area contributed by atoms with Crippen molar-refractivity contribution in [1.82, 2.24) is 4.98 Å². The number of carbonyl (C=O) groups excluding carboxylic acids is 1. The molecule has 0 aliphatic carbocycles. The van der Waals surface area contributed by atoms with Crippen LogP contribution in [-0.2, 0) is 4.74 Å². The van der Waals surface area contributed by atoms with Gasteiger partial charge in [-0.2, -0.15) is 0 Å². The van der Waals surface area contributed by atoms with Crippen LogP contribution in [0.1, 0.15) is 10.4 Å². The molecule has 0 atom stereocenters. The first-order valence-corrected chi connectivity index (χ1v) is 3.27. The Morgan fingerprint density at radius 2 is 2.42 bits per heavy atom. The Kier molecular flexibility index (Phi) is 2.42. The van der Waals surface area contributed by atoms with Crippen LogP contribution < -0.4 is 5.73 Å². The number of pyridine rings is 1. The molecule has 0 fully saturated rings. The van der Waals surface area contributed by atoms with Crippen molar-refractivity contribution in [2.24, 2.45) is 0 Å². The van der Waals surface area contributed by atoms with Gasteiger partial charge in [0.1, 0.15) is 5.82 Å². The Balaban J connectivity index is 2.82. The number of anilines is 1. The SMILES string of the molecule is C=COC(=O)c1ccc(N)nc1. The Labute approximate surface area is 69.7 Å². The monoisotopic (exact) mass is 164 g/mol. The predicted molar refractivity (Wildman–Crippen MR) is 44.3 cm³/mol. The quantitative estimate of drug-likeness (QED) is 0.522. The van der Waals surface area contributed by atoms with Gasteiger partial charge in [-0.3, -0.25) is 0 Å². The van der Waals surface area contributed by atoms with Gasteiger partial charge in [0.2, 0.25) is 0 Å². The van der Waals surface area contributed by atoms with Crippen LogP contribution in [0.5, 0.6) is 0 Å². The van der Waals surface area contributed by atoms with Crippen molar-refractivity contribution in [1.29, 1.82) is 0 Å². The van der Waals surface area contributed by atoms with Gasteiger partial charge >= 0.3 is 5.97 Å². The minimum Gasteiger partial charge on any atom is -0.431 e. The lowest BCUT2D eigenvalue weighted by molar-refractivity contribution is 0.0664. The molecule has 0 amide bonds. The first-order valence-electron chi connectivity index (χ1n) is 3.27. The molecule has 1 aromatic heterocycles. The summed E-state index contributed by atoms with van der Waals surface area (Å²) in [6, 6.07) is 3.06. The van der Waals surface area contributed by atoms with Crippen molar-refractivity contribution in [3.8, 4) is 0 Å². The van der Waals surface area contributed by atoms with E-state index in [4.69, 9.17) is 5.73 Å². The number of rotatable bonds is 2. The first kappa shape index (κ1) is 8.26. The molecule has 0 aliphatic rings. The molecule has 2 N–H and O–H groups in total. The second kappa shape index (κ2) is 3.52. The molecule has 0 saturated carbocycles. The molecule has 62 valence electrons. The summed E-state index contributed by atoms with van der Waals surface area (Å²) in [5, 5.41) is 0. The zero-order valence-electron chi connectivity index (χ0n) is 6.36. The molecule has 0 unspecified atom stereocenters. The minimum absolute atomic E-state index is 0.351. The Morgan fingerprint density at radius 1 is 1.67 bits per heavy atom. The number of hydrogen-bond donors (Lipinski definition) is 1. The molecular formula is C8H8N2O2. The molecule has 0 bridgehead atoms. The van der Waals surface area contributed by atoms with E-state index in [2.05, 4.69) is 16.3 Å². The largest absolute Gasteiger partial charge is 0.431 e. The summed E-state index contributed by atoms with van der Waals surface area (Å²) in [5.74, 6) is -0.123. The number of nitrogens with zero attached hydrogens (tertiary/aromatic N) is 1. The fourth-order valence-electron chi connectivity index (χ4n) is 0.670. The van der Waals surface area contributed by atoms with E-state index in [1.165, 1.54) is 18.3 Å². The van der Waals surface area contributed by atoms with Crippen molar-refractivity contribution in [3.63, 3.8) is 0 Å². The van der Waals surface area contributed by atoms with Crippen LogP contribution in [0.3, 0.4) is 0 Å². The Bertz CT molecular complexity index is 292. The lowest BCUT2D eigenvalue weighted by Gasteiger charge is -1.97. The van der Waals surface area contributed by atoms with Crippen LogP contribution in [0.4, 0.5) is 5.82 Å². The van der Waals surface area contributed by atoms with Crippen LogP contribution >= 0.6 is 0 Å². The van der Waals surface area contributed by atoms with Crippen molar-refractivity contribution < 1.29 is 9.53 Å². The Morgan fingerprint density at radius 3 is 2.92 bits per heavy atom. The van der Waals surface area contributed by atoms with E-state index in [9.17, 15) is 4.79 Å². The average molecular weight is 164 g/mol. The smallest absolute Gasteiger partial charge is 0.344 e. The number of aromatic nitrogens is 1. The van der Waals surface area contributed by atoms with Gasteiger partial charge in [-0.05, 0) is 12.1 Å². The molecule has 0 spiro atoms. The molecule has 1 rings (SSSR count). The number of carbonyl (C=O) groups is 1. The molecule has 1 heterocycles. The maximum absolute atomic E-state index is 11.0. The fourth-order valence-corrected chi connectivity index (χ4v) is 0.670. The third-order valence-electron chi connectivity index (χ3n) is 1.21. The highest BCUT2D eigenvalue weighted by Gasteiger charge is 2.04. The van der Waals surface area contributed by atoms with Gasteiger partial charge in [0.05, 0.1) is 11.8 Å². The number of esters is 1. The molecule has 0 saturated heterocycles. The molecular weight excluding hydrogens is 156 g/mol. The van der Waals surface area contributed by atoms with E-state index in [0.717, 1.165) is 6.26 Å². The van der Waals surface area contributed by atoms with Gasteiger partial charge in [-0.25, -0.2) is 9.78 Å². The molecule has 0 aliphatic heterocycles. The van der Waals surface area contributed by atoms with Crippen molar-refractivity contribution in [2.45, 2.75) is 0 Å². The average Bonchev–Trinajstić information content (AvgIpc) is 2.06. The van der Waals surface area contributed by atoms with E-state index in [1.54, 1.807) is 0 Å². The minimum atomic E-state index is -0.488. The summed E-state index contributed by atoms with van der Waals surface area (Å²) in [5.41, 5.74) is 5.67. The third-order valence-corrected chi connectivity index (χ3v) is 1.21. The molecule has 0 aromatic carbocycles. The Hall–Kier alpha value is -1.84. The van der Waals surface area contributed by atoms with E-state index in [-0.39, 0.29) is 0 Å². The van der Waals surface area contributed by atoms with Crippen LogP contribution in [0, 0.1) is 0 Å². The summed E-state index contributed by atoms with van der Waals surface area (Å²) in [6.07, 6.45) is 2.42. The zero-order chi connectivity index (χ0) is 8.97. The first-order chi connectivity index (χ1) is 5.74. The molecule has 1 aromatic rings. The predicted octanol–water partition coefficient (Wildman–Crippen LogP) is 0.964. The third kappa shape index (κ3) is 1.82. The highest BCUT2D eigenvalue weighted by molar-refractivity contribution is 5.89. The van der Waals surface area contributed by atoms with E-state index in [1.807, 2.05) is 0 Å². The second-order valence-corrected chi connectivity index (χ2v) is 2.04. The van der Waals surface area contributed by atoms with E-state index >= 15 is 0 Å². The maximum atomic E-state index is 11.0. The van der Waals surface area contributed by atoms with Crippen LogP contribution in [-0.4, -0.2) is 11.0 Å². The summed E-state index contributed by atoms with van der Waals surface area (Å²) in [7, 11) is 0. The number of ether oxygens (including phenoxy) is 1. The van der Waals surface area contributed by atoms with Crippen LogP contribution in [0.15, 0.2) is 31.2 Å². The lowest BCUT2D eigenvalue weighted by Crippen LogP contribution is -2.01.